The minimum absolute atomic E-state index is 0.122. The van der Waals surface area contributed by atoms with E-state index in [1.54, 1.807) is 47.3 Å². The van der Waals surface area contributed by atoms with E-state index in [-0.39, 0.29) is 61.7 Å². The Kier molecular flexibility index (Phi) is 9.92. The van der Waals surface area contributed by atoms with Crippen molar-refractivity contribution in [3.8, 4) is 5.75 Å². The van der Waals surface area contributed by atoms with Crippen LogP contribution in [0.25, 0.3) is 21.7 Å². The van der Waals surface area contributed by atoms with E-state index in [2.05, 4.69) is 15.6 Å². The summed E-state index contributed by atoms with van der Waals surface area (Å²) >= 11 is 0. The van der Waals surface area contributed by atoms with Gasteiger partial charge in [0.25, 0.3) is 5.91 Å². The van der Waals surface area contributed by atoms with Crippen LogP contribution in [0.15, 0.2) is 103 Å². The Bertz CT molecular complexity index is 2100. The Labute approximate surface area is 296 Å². The fourth-order valence-electron chi connectivity index (χ4n) is 7.14. The molecule has 3 heterocycles. The maximum absolute atomic E-state index is 14.4. The van der Waals surface area contributed by atoms with Crippen LogP contribution in [0.5, 0.6) is 5.75 Å². The van der Waals surface area contributed by atoms with Gasteiger partial charge in [0.15, 0.2) is 0 Å². The highest BCUT2D eigenvalue weighted by molar-refractivity contribution is 5.94. The third-order valence-corrected chi connectivity index (χ3v) is 9.77. The van der Waals surface area contributed by atoms with Crippen LogP contribution in [0.2, 0.25) is 0 Å². The molecule has 4 aromatic carbocycles. The molecular formula is C41H41N5O5. The molecule has 51 heavy (non-hydrogen) atoms. The number of pyridine rings is 1. The van der Waals surface area contributed by atoms with E-state index in [0.29, 0.717) is 37.1 Å². The molecule has 7 rings (SSSR count). The monoisotopic (exact) mass is 683 g/mol. The van der Waals surface area contributed by atoms with Crippen LogP contribution in [0.3, 0.4) is 0 Å². The van der Waals surface area contributed by atoms with Gasteiger partial charge in [0, 0.05) is 43.3 Å². The van der Waals surface area contributed by atoms with E-state index in [9.17, 15) is 19.2 Å². The topological polar surface area (TPSA) is 121 Å². The van der Waals surface area contributed by atoms with Gasteiger partial charge in [-0.25, -0.2) is 0 Å². The van der Waals surface area contributed by atoms with E-state index >= 15 is 0 Å². The summed E-state index contributed by atoms with van der Waals surface area (Å²) in [6.45, 7) is 0.855. The van der Waals surface area contributed by atoms with Crippen molar-refractivity contribution in [3.63, 3.8) is 0 Å². The van der Waals surface area contributed by atoms with Gasteiger partial charge in [-0.3, -0.25) is 24.2 Å². The molecule has 5 aromatic rings. The number of carbonyl (C=O) groups excluding carboxylic acids is 4. The molecule has 0 spiro atoms. The van der Waals surface area contributed by atoms with Gasteiger partial charge in [0.2, 0.25) is 17.7 Å². The first-order valence-electron chi connectivity index (χ1n) is 17.5. The van der Waals surface area contributed by atoms with Crippen LogP contribution >= 0.6 is 0 Å². The first-order chi connectivity index (χ1) is 24.8. The third-order valence-electron chi connectivity index (χ3n) is 9.77. The summed E-state index contributed by atoms with van der Waals surface area (Å²) in [4.78, 5) is 62.1. The fourth-order valence-corrected chi connectivity index (χ4v) is 7.14. The van der Waals surface area contributed by atoms with Gasteiger partial charge < -0.3 is 25.2 Å². The van der Waals surface area contributed by atoms with Crippen LogP contribution in [0.4, 0.5) is 0 Å². The number of hydrogen-bond acceptors (Lipinski definition) is 6. The molecule has 10 heteroatoms. The molecule has 0 saturated carbocycles. The number of ether oxygens (including phenoxy) is 1. The molecule has 0 aliphatic carbocycles. The van der Waals surface area contributed by atoms with Crippen molar-refractivity contribution in [3.05, 3.63) is 120 Å². The zero-order chi connectivity index (χ0) is 35.3. The Morgan fingerprint density at radius 2 is 1.57 bits per heavy atom. The Hall–Kier alpha value is -5.77. The lowest BCUT2D eigenvalue weighted by atomic mass is 10.0. The Balaban J connectivity index is 1.09. The van der Waals surface area contributed by atoms with Crippen molar-refractivity contribution < 1.29 is 23.9 Å². The van der Waals surface area contributed by atoms with Crippen molar-refractivity contribution in [1.29, 1.82) is 0 Å². The Morgan fingerprint density at radius 3 is 2.41 bits per heavy atom. The largest absolute Gasteiger partial charge is 0.491 e. The van der Waals surface area contributed by atoms with Gasteiger partial charge in [-0.05, 0) is 71.5 Å². The lowest BCUT2D eigenvalue weighted by Gasteiger charge is -2.30. The minimum Gasteiger partial charge on any atom is -0.491 e. The predicted molar refractivity (Wildman–Crippen MR) is 195 cm³/mol. The molecular weight excluding hydrogens is 642 g/mol. The van der Waals surface area contributed by atoms with Crippen molar-refractivity contribution >= 4 is 45.3 Å². The second-order valence-electron chi connectivity index (χ2n) is 13.5. The molecule has 2 aliphatic heterocycles. The van der Waals surface area contributed by atoms with Crippen molar-refractivity contribution in [2.45, 2.75) is 50.2 Å². The third kappa shape index (κ3) is 8.01. The molecule has 2 aliphatic rings. The van der Waals surface area contributed by atoms with Gasteiger partial charge in [-0.15, -0.1) is 0 Å². The maximum atomic E-state index is 14.4. The highest BCUT2D eigenvalue weighted by Crippen LogP contribution is 2.24. The van der Waals surface area contributed by atoms with E-state index in [1.807, 2.05) is 72.8 Å². The molecule has 4 amide bonds. The van der Waals surface area contributed by atoms with Crippen LogP contribution in [0, 0.1) is 0 Å². The van der Waals surface area contributed by atoms with E-state index < -0.39 is 6.04 Å². The van der Waals surface area contributed by atoms with Crippen molar-refractivity contribution in [2.24, 2.45) is 0 Å². The van der Waals surface area contributed by atoms with Crippen molar-refractivity contribution in [2.75, 3.05) is 26.7 Å². The summed E-state index contributed by atoms with van der Waals surface area (Å²) in [5.41, 5.74) is 3.04. The number of fused-ring (bicyclic) bond motifs is 5. The summed E-state index contributed by atoms with van der Waals surface area (Å²) in [5.74, 6) is -0.257. The molecule has 1 aromatic heterocycles. The van der Waals surface area contributed by atoms with Gasteiger partial charge >= 0.3 is 0 Å². The highest BCUT2D eigenvalue weighted by Gasteiger charge is 2.39. The van der Waals surface area contributed by atoms with Gasteiger partial charge in [0.1, 0.15) is 18.4 Å². The summed E-state index contributed by atoms with van der Waals surface area (Å²) in [6.07, 6.45) is 3.36. The fraction of sp³-hybridized carbons (Fsp3) is 0.293. The summed E-state index contributed by atoms with van der Waals surface area (Å²) in [5, 5.41) is 9.30. The zero-order valence-corrected chi connectivity index (χ0v) is 28.6. The molecule has 1 fully saturated rings. The van der Waals surface area contributed by atoms with Gasteiger partial charge in [-0.2, -0.15) is 0 Å². The second kappa shape index (κ2) is 15.0. The lowest BCUT2D eigenvalue weighted by Crippen LogP contribution is -2.52. The minimum atomic E-state index is -0.815. The van der Waals surface area contributed by atoms with Gasteiger partial charge in [-0.1, -0.05) is 66.7 Å². The molecule has 260 valence electrons. The molecule has 1 saturated heterocycles. The van der Waals surface area contributed by atoms with Crippen LogP contribution in [-0.2, 0) is 27.2 Å². The number of rotatable bonds is 6. The number of nitrogens with one attached hydrogen (secondary N) is 2. The number of hydrogen-bond donors (Lipinski definition) is 2. The van der Waals surface area contributed by atoms with Crippen LogP contribution in [0.1, 0.15) is 40.7 Å². The molecule has 3 atom stereocenters. The maximum Gasteiger partial charge on any atom is 0.253 e. The first kappa shape index (κ1) is 33.7. The van der Waals surface area contributed by atoms with E-state index in [1.165, 1.54) is 0 Å². The molecule has 2 N–H and O–H groups in total. The molecule has 2 bridgehead atoms. The normalized spacial score (nSPS) is 19.7. The van der Waals surface area contributed by atoms with Crippen LogP contribution in [-0.4, -0.2) is 83.3 Å². The standard InChI is InChI=1S/C41H41N5O5/c1-45-18-6-12-36(44-39(48)21-27-13-15-29-7-2-3-8-31(29)19-27)41(50)46-25-33(24-34(46)26-51-35-11-4-9-32(23-35)40(45)49)43-38(47)22-28-14-16-30-10-5-17-42-37(30)20-28/h2-5,7-11,13-17,19-20,23,33-34,36H,6,12,18,21-22,24-26H2,1H3,(H,43,47)(H,44,48)/t33-,34-,36-/m0/s1. The first-order valence-corrected chi connectivity index (χ1v) is 17.5. The number of aromatic nitrogens is 1. The smallest absolute Gasteiger partial charge is 0.253 e. The summed E-state index contributed by atoms with van der Waals surface area (Å²) in [7, 11) is 1.73. The van der Waals surface area contributed by atoms with Crippen LogP contribution < -0.4 is 15.4 Å². The molecule has 0 radical (unpaired) electrons. The number of carbonyl (C=O) groups is 4. The lowest BCUT2D eigenvalue weighted by molar-refractivity contribution is -0.138. The predicted octanol–water partition coefficient (Wildman–Crippen LogP) is 4.69. The molecule has 0 unspecified atom stereocenters. The number of nitrogens with zero attached hydrogens (tertiary/aromatic N) is 3. The average molecular weight is 684 g/mol. The highest BCUT2D eigenvalue weighted by atomic mass is 16.5. The Morgan fingerprint density at radius 1 is 0.824 bits per heavy atom. The molecule has 10 nitrogen and oxygen atoms in total. The summed E-state index contributed by atoms with van der Waals surface area (Å²) in [6, 6.07) is 29.1. The second-order valence-corrected chi connectivity index (χ2v) is 13.5. The SMILES string of the molecule is CN1CCC[C@H](NC(=O)Cc2ccc3ccccc3c2)C(=O)N2C[C@@H](NC(=O)Cc3ccc4cccnc4c3)C[C@H]2COc2cccc(c2)C1=O. The zero-order valence-electron chi connectivity index (χ0n) is 28.6. The van der Waals surface area contributed by atoms with Gasteiger partial charge in [0.05, 0.1) is 24.4 Å². The average Bonchev–Trinajstić information content (AvgIpc) is 3.54. The quantitative estimate of drug-likeness (QED) is 0.268. The van der Waals surface area contributed by atoms with E-state index in [0.717, 1.165) is 32.8 Å². The number of benzene rings is 4. The number of amides is 4. The summed E-state index contributed by atoms with van der Waals surface area (Å²) < 4.78 is 6.19. The van der Waals surface area contributed by atoms with Crippen molar-refractivity contribution in [1.82, 2.24) is 25.4 Å². The van der Waals surface area contributed by atoms with E-state index in [4.69, 9.17) is 4.74 Å².